The van der Waals surface area contributed by atoms with Crippen LogP contribution in [0.25, 0.3) is 0 Å². The number of carbonyl (C=O) groups is 3. The van der Waals surface area contributed by atoms with E-state index in [0.29, 0.717) is 13.0 Å². The Morgan fingerprint density at radius 3 is 2.29 bits per heavy atom. The van der Waals surface area contributed by atoms with Gasteiger partial charge in [-0.25, -0.2) is 0 Å². The van der Waals surface area contributed by atoms with Crippen LogP contribution in [0.4, 0.5) is 0 Å². The molecule has 0 aromatic heterocycles. The fraction of sp³-hybridized carbons (Fsp3) is 0.800. The van der Waals surface area contributed by atoms with Gasteiger partial charge in [-0.05, 0) is 24.2 Å². The van der Waals surface area contributed by atoms with E-state index in [0.717, 1.165) is 12.8 Å². The maximum Gasteiger partial charge on any atom is 0.311 e. The van der Waals surface area contributed by atoms with Crippen molar-refractivity contribution in [3.8, 4) is 0 Å². The maximum atomic E-state index is 12.6. The Labute approximate surface area is 123 Å². The maximum absolute atomic E-state index is 12.6. The number of hydrogen-bond acceptors (Lipinski definition) is 3. The van der Waals surface area contributed by atoms with Crippen LogP contribution in [-0.2, 0) is 14.4 Å². The van der Waals surface area contributed by atoms with Crippen LogP contribution >= 0.6 is 0 Å². The summed E-state index contributed by atoms with van der Waals surface area (Å²) < 4.78 is 0. The van der Waals surface area contributed by atoms with Gasteiger partial charge < -0.3 is 15.1 Å². The van der Waals surface area contributed by atoms with Gasteiger partial charge in [-0.3, -0.25) is 14.4 Å². The Bertz CT molecular complexity index is 528. The molecule has 21 heavy (non-hydrogen) atoms. The molecule has 1 saturated heterocycles. The molecule has 116 valence electrons. The molecule has 0 radical (unpaired) electrons. The molecule has 6 nitrogen and oxygen atoms in total. The first kappa shape index (κ1) is 14.4. The van der Waals surface area contributed by atoms with Gasteiger partial charge in [-0.2, -0.15) is 0 Å². The Morgan fingerprint density at radius 1 is 1.14 bits per heavy atom. The lowest BCUT2D eigenvalue weighted by molar-refractivity contribution is -0.150. The van der Waals surface area contributed by atoms with Crippen LogP contribution in [0.2, 0.25) is 0 Å². The van der Waals surface area contributed by atoms with Gasteiger partial charge in [-0.15, -0.1) is 0 Å². The minimum absolute atomic E-state index is 0.0177. The second kappa shape index (κ2) is 4.21. The van der Waals surface area contributed by atoms with Crippen molar-refractivity contribution in [2.45, 2.75) is 33.1 Å². The fourth-order valence-corrected chi connectivity index (χ4v) is 4.56. The van der Waals surface area contributed by atoms with E-state index in [2.05, 4.69) is 0 Å². The van der Waals surface area contributed by atoms with Gasteiger partial charge in [-0.1, -0.05) is 20.3 Å². The lowest BCUT2D eigenvalue weighted by Crippen LogP contribution is -2.38. The van der Waals surface area contributed by atoms with Crippen molar-refractivity contribution >= 4 is 17.8 Å². The van der Waals surface area contributed by atoms with E-state index in [-0.39, 0.29) is 18.4 Å². The zero-order chi connectivity index (χ0) is 15.6. The molecule has 3 aliphatic rings. The zero-order valence-electron chi connectivity index (χ0n) is 12.3. The molecule has 0 unspecified atom stereocenters. The third kappa shape index (κ3) is 1.80. The average Bonchev–Trinajstić information content (AvgIpc) is 2.71. The molecule has 2 N–H and O–H groups in total. The van der Waals surface area contributed by atoms with E-state index in [1.54, 1.807) is 18.7 Å². The Kier molecular flexibility index (Phi) is 2.88. The molecule has 0 aromatic rings. The van der Waals surface area contributed by atoms with Crippen LogP contribution < -0.4 is 0 Å². The summed E-state index contributed by atoms with van der Waals surface area (Å²) in [4.78, 5) is 37.0. The van der Waals surface area contributed by atoms with Crippen molar-refractivity contribution in [3.05, 3.63) is 0 Å². The summed E-state index contributed by atoms with van der Waals surface area (Å²) in [5.41, 5.74) is -1.33. The van der Waals surface area contributed by atoms with Crippen molar-refractivity contribution in [1.29, 1.82) is 0 Å². The highest BCUT2D eigenvalue weighted by Gasteiger charge is 2.68. The molecule has 3 rings (SSSR count). The highest BCUT2D eigenvalue weighted by Crippen LogP contribution is 2.60. The van der Waals surface area contributed by atoms with E-state index in [9.17, 15) is 24.6 Å². The van der Waals surface area contributed by atoms with Crippen LogP contribution in [0.15, 0.2) is 0 Å². The van der Waals surface area contributed by atoms with Crippen LogP contribution in [0, 0.1) is 28.6 Å². The van der Waals surface area contributed by atoms with Gasteiger partial charge in [0.2, 0.25) is 5.91 Å². The van der Waals surface area contributed by atoms with Crippen molar-refractivity contribution in [2.75, 3.05) is 13.1 Å². The largest absolute Gasteiger partial charge is 0.481 e. The summed E-state index contributed by atoms with van der Waals surface area (Å²) in [5.74, 6) is -3.08. The molecule has 0 bridgehead atoms. The SMILES string of the molecule is CC1(C)[C@H](C(=O)O)[C@@H]1C(=O)N1C[C@@H]2CCC[C@@]2(C(=O)O)C1. The zero-order valence-corrected chi connectivity index (χ0v) is 12.3. The third-order valence-electron chi connectivity index (χ3n) is 5.97. The molecule has 0 aromatic carbocycles. The van der Waals surface area contributed by atoms with E-state index < -0.39 is 34.6 Å². The number of hydrogen-bond donors (Lipinski definition) is 2. The molecule has 0 spiro atoms. The topological polar surface area (TPSA) is 94.9 Å². The second-order valence-electron chi connectivity index (χ2n) is 7.38. The van der Waals surface area contributed by atoms with Crippen LogP contribution in [0.5, 0.6) is 0 Å². The first-order valence-corrected chi connectivity index (χ1v) is 7.47. The van der Waals surface area contributed by atoms with E-state index >= 15 is 0 Å². The summed E-state index contributed by atoms with van der Waals surface area (Å²) in [6.07, 6.45) is 2.35. The number of amides is 1. The van der Waals surface area contributed by atoms with E-state index in [1.165, 1.54) is 0 Å². The first-order valence-electron chi connectivity index (χ1n) is 7.47. The minimum atomic E-state index is -0.939. The van der Waals surface area contributed by atoms with Gasteiger partial charge in [0.15, 0.2) is 0 Å². The molecular weight excluding hydrogens is 274 g/mol. The molecule has 2 saturated carbocycles. The highest BCUT2D eigenvalue weighted by molar-refractivity contribution is 5.92. The number of rotatable bonds is 3. The summed E-state index contributed by atoms with van der Waals surface area (Å²) in [6.45, 7) is 4.28. The van der Waals surface area contributed by atoms with Gasteiger partial charge in [0, 0.05) is 13.1 Å². The molecular formula is C15H21NO5. The average molecular weight is 295 g/mol. The number of aliphatic carboxylic acids is 2. The highest BCUT2D eigenvalue weighted by atomic mass is 16.4. The van der Waals surface area contributed by atoms with E-state index in [1.807, 2.05) is 0 Å². The first-order chi connectivity index (χ1) is 9.71. The number of carboxylic acids is 2. The van der Waals surface area contributed by atoms with Crippen molar-refractivity contribution in [3.63, 3.8) is 0 Å². The smallest absolute Gasteiger partial charge is 0.311 e. The fourth-order valence-electron chi connectivity index (χ4n) is 4.56. The Hall–Kier alpha value is -1.59. The summed E-state index contributed by atoms with van der Waals surface area (Å²) in [5, 5.41) is 18.7. The number of carboxylic acid groups (broad SMARTS) is 2. The van der Waals surface area contributed by atoms with Gasteiger partial charge in [0.05, 0.1) is 17.3 Å². The minimum Gasteiger partial charge on any atom is -0.481 e. The Balaban J connectivity index is 1.77. The van der Waals surface area contributed by atoms with Crippen molar-refractivity contribution < 1.29 is 24.6 Å². The van der Waals surface area contributed by atoms with Crippen LogP contribution in [0.1, 0.15) is 33.1 Å². The summed E-state index contributed by atoms with van der Waals surface area (Å²) in [6, 6.07) is 0. The van der Waals surface area contributed by atoms with Crippen molar-refractivity contribution in [2.24, 2.45) is 28.6 Å². The third-order valence-corrected chi connectivity index (χ3v) is 5.97. The number of carbonyl (C=O) groups excluding carboxylic acids is 1. The monoisotopic (exact) mass is 295 g/mol. The van der Waals surface area contributed by atoms with Crippen molar-refractivity contribution in [1.82, 2.24) is 4.90 Å². The van der Waals surface area contributed by atoms with Gasteiger partial charge >= 0.3 is 11.9 Å². The van der Waals surface area contributed by atoms with Gasteiger partial charge in [0.25, 0.3) is 0 Å². The normalized spacial score (nSPS) is 39.9. The van der Waals surface area contributed by atoms with Crippen LogP contribution in [0.3, 0.4) is 0 Å². The number of fused-ring (bicyclic) bond motifs is 1. The number of likely N-dealkylation sites (tertiary alicyclic amines) is 1. The van der Waals surface area contributed by atoms with Gasteiger partial charge in [0.1, 0.15) is 0 Å². The molecule has 6 heteroatoms. The predicted octanol–water partition coefficient (Wildman–Crippen LogP) is 1.06. The molecule has 1 aliphatic heterocycles. The lowest BCUT2D eigenvalue weighted by atomic mass is 9.81. The second-order valence-corrected chi connectivity index (χ2v) is 7.38. The molecule has 3 fully saturated rings. The standard InChI is InChI=1S/C15H21NO5/c1-14(2)9(10(14)12(18)19)11(17)16-6-8-4-3-5-15(8,7-16)13(20)21/h8-10H,3-7H2,1-2H3,(H,18,19)(H,20,21)/t8-,9+,10-,15+/m0/s1. The number of nitrogens with zero attached hydrogens (tertiary/aromatic N) is 1. The molecule has 1 amide bonds. The molecule has 4 atom stereocenters. The summed E-state index contributed by atoms with van der Waals surface area (Å²) >= 11 is 0. The molecule has 2 aliphatic carbocycles. The van der Waals surface area contributed by atoms with E-state index in [4.69, 9.17) is 0 Å². The summed E-state index contributed by atoms with van der Waals surface area (Å²) in [7, 11) is 0. The molecule has 1 heterocycles. The van der Waals surface area contributed by atoms with Crippen LogP contribution in [-0.4, -0.2) is 46.0 Å². The predicted molar refractivity (Wildman–Crippen MR) is 72.4 cm³/mol. The quantitative estimate of drug-likeness (QED) is 0.811. The Morgan fingerprint density at radius 2 is 1.81 bits per heavy atom. The lowest BCUT2D eigenvalue weighted by Gasteiger charge is -2.23.